The third-order valence-electron chi connectivity index (χ3n) is 3.25. The van der Waals surface area contributed by atoms with E-state index >= 15 is 0 Å². The van der Waals surface area contributed by atoms with Crippen molar-refractivity contribution in [2.24, 2.45) is 0 Å². The molecule has 0 radical (unpaired) electrons. The standard InChI is InChI=1S/C17H21NO2/c1-2-3-11-18(12-15-7-5-4-6-8-15)13-16-9-10-17(14-19)20-16/h4-10,14H,2-3,11-13H2,1H3. The van der Waals surface area contributed by atoms with Gasteiger partial charge in [0.2, 0.25) is 0 Å². The SMILES string of the molecule is CCCCN(Cc1ccccc1)Cc1ccc(C=O)o1. The van der Waals surface area contributed by atoms with Crippen LogP contribution in [0.3, 0.4) is 0 Å². The number of unbranched alkanes of at least 4 members (excludes halogenated alkanes) is 1. The molecule has 0 bridgehead atoms. The first-order valence-electron chi connectivity index (χ1n) is 7.12. The summed E-state index contributed by atoms with van der Waals surface area (Å²) in [6.07, 6.45) is 3.08. The minimum atomic E-state index is 0.398. The Balaban J connectivity index is 2.01. The van der Waals surface area contributed by atoms with Gasteiger partial charge in [0.05, 0.1) is 6.54 Å². The van der Waals surface area contributed by atoms with Crippen LogP contribution in [-0.2, 0) is 13.1 Å². The van der Waals surface area contributed by atoms with Crippen LogP contribution < -0.4 is 0 Å². The Morgan fingerprint density at radius 2 is 1.90 bits per heavy atom. The summed E-state index contributed by atoms with van der Waals surface area (Å²) >= 11 is 0. The lowest BCUT2D eigenvalue weighted by Gasteiger charge is -2.21. The minimum Gasteiger partial charge on any atom is -0.457 e. The smallest absolute Gasteiger partial charge is 0.185 e. The molecule has 0 atom stereocenters. The van der Waals surface area contributed by atoms with Gasteiger partial charge in [-0.2, -0.15) is 0 Å². The summed E-state index contributed by atoms with van der Waals surface area (Å²) in [6, 6.07) is 14.0. The van der Waals surface area contributed by atoms with E-state index in [0.29, 0.717) is 5.76 Å². The lowest BCUT2D eigenvalue weighted by Crippen LogP contribution is -2.23. The Kier molecular flexibility index (Phi) is 5.56. The molecule has 0 amide bonds. The second-order valence-electron chi connectivity index (χ2n) is 4.97. The van der Waals surface area contributed by atoms with E-state index in [4.69, 9.17) is 4.42 Å². The van der Waals surface area contributed by atoms with E-state index in [1.54, 1.807) is 6.07 Å². The topological polar surface area (TPSA) is 33.5 Å². The molecular weight excluding hydrogens is 250 g/mol. The Bertz CT molecular complexity index is 519. The van der Waals surface area contributed by atoms with Crippen LogP contribution >= 0.6 is 0 Å². The Hall–Kier alpha value is -1.87. The molecular formula is C17H21NO2. The van der Waals surface area contributed by atoms with E-state index in [1.165, 1.54) is 12.0 Å². The lowest BCUT2D eigenvalue weighted by atomic mass is 10.2. The maximum Gasteiger partial charge on any atom is 0.185 e. The van der Waals surface area contributed by atoms with Crippen LogP contribution in [0.5, 0.6) is 0 Å². The fraction of sp³-hybridized carbons (Fsp3) is 0.353. The average Bonchev–Trinajstić information content (AvgIpc) is 2.93. The predicted octanol–water partition coefficient (Wildman–Crippen LogP) is 3.89. The molecule has 20 heavy (non-hydrogen) atoms. The molecule has 2 aromatic rings. The highest BCUT2D eigenvalue weighted by Crippen LogP contribution is 2.13. The zero-order chi connectivity index (χ0) is 14.2. The molecule has 1 heterocycles. The van der Waals surface area contributed by atoms with Crippen LogP contribution in [0.25, 0.3) is 0 Å². The molecule has 1 aromatic heterocycles. The van der Waals surface area contributed by atoms with Crippen molar-refractivity contribution < 1.29 is 9.21 Å². The molecule has 3 nitrogen and oxygen atoms in total. The van der Waals surface area contributed by atoms with Crippen LogP contribution in [-0.4, -0.2) is 17.7 Å². The van der Waals surface area contributed by atoms with Gasteiger partial charge >= 0.3 is 0 Å². The van der Waals surface area contributed by atoms with Gasteiger partial charge in [-0.25, -0.2) is 0 Å². The molecule has 0 aliphatic carbocycles. The van der Waals surface area contributed by atoms with Crippen molar-refractivity contribution in [3.63, 3.8) is 0 Å². The van der Waals surface area contributed by atoms with Gasteiger partial charge in [-0.15, -0.1) is 0 Å². The molecule has 3 heteroatoms. The molecule has 0 aliphatic rings. The van der Waals surface area contributed by atoms with Gasteiger partial charge in [0.1, 0.15) is 5.76 Å². The number of furan rings is 1. The van der Waals surface area contributed by atoms with Crippen LogP contribution in [0.2, 0.25) is 0 Å². The second kappa shape index (κ2) is 7.65. The normalized spacial score (nSPS) is 10.9. The number of aldehydes is 1. The van der Waals surface area contributed by atoms with Gasteiger partial charge in [-0.1, -0.05) is 43.7 Å². The largest absolute Gasteiger partial charge is 0.457 e. The van der Waals surface area contributed by atoms with Crippen LogP contribution in [0.1, 0.15) is 41.6 Å². The van der Waals surface area contributed by atoms with Crippen molar-refractivity contribution in [3.8, 4) is 0 Å². The lowest BCUT2D eigenvalue weighted by molar-refractivity contribution is 0.109. The summed E-state index contributed by atoms with van der Waals surface area (Å²) in [7, 11) is 0. The van der Waals surface area contributed by atoms with Crippen LogP contribution in [0.15, 0.2) is 46.9 Å². The summed E-state index contributed by atoms with van der Waals surface area (Å²) in [4.78, 5) is 13.0. The van der Waals surface area contributed by atoms with E-state index in [9.17, 15) is 4.79 Å². The molecule has 106 valence electrons. The highest BCUT2D eigenvalue weighted by Gasteiger charge is 2.09. The van der Waals surface area contributed by atoms with Crippen molar-refractivity contribution in [1.29, 1.82) is 0 Å². The van der Waals surface area contributed by atoms with Gasteiger partial charge in [0.15, 0.2) is 12.0 Å². The summed E-state index contributed by atoms with van der Waals surface area (Å²) < 4.78 is 5.47. The first-order chi connectivity index (χ1) is 9.81. The number of benzene rings is 1. The minimum absolute atomic E-state index is 0.398. The summed E-state index contributed by atoms with van der Waals surface area (Å²) in [5.41, 5.74) is 1.30. The quantitative estimate of drug-likeness (QED) is 0.683. The first-order valence-corrected chi connectivity index (χ1v) is 7.12. The molecule has 0 saturated carbocycles. The fourth-order valence-electron chi connectivity index (χ4n) is 2.20. The number of carbonyl (C=O) groups excluding carboxylic acids is 1. The molecule has 2 rings (SSSR count). The fourth-order valence-corrected chi connectivity index (χ4v) is 2.20. The molecule has 0 unspecified atom stereocenters. The van der Waals surface area contributed by atoms with E-state index in [-0.39, 0.29) is 0 Å². The number of carbonyl (C=O) groups is 1. The third-order valence-corrected chi connectivity index (χ3v) is 3.25. The van der Waals surface area contributed by atoms with Gasteiger partial charge < -0.3 is 4.42 Å². The predicted molar refractivity (Wildman–Crippen MR) is 79.6 cm³/mol. The maximum atomic E-state index is 10.7. The number of hydrogen-bond donors (Lipinski definition) is 0. The average molecular weight is 271 g/mol. The molecule has 0 fully saturated rings. The van der Waals surface area contributed by atoms with Crippen molar-refractivity contribution in [1.82, 2.24) is 4.90 Å². The molecule has 0 aliphatic heterocycles. The summed E-state index contributed by atoms with van der Waals surface area (Å²) in [6.45, 7) is 4.86. The Morgan fingerprint density at radius 3 is 2.55 bits per heavy atom. The van der Waals surface area contributed by atoms with Crippen LogP contribution in [0.4, 0.5) is 0 Å². The highest BCUT2D eigenvalue weighted by molar-refractivity contribution is 5.70. The number of hydrogen-bond acceptors (Lipinski definition) is 3. The van der Waals surface area contributed by atoms with E-state index in [0.717, 1.165) is 38.1 Å². The van der Waals surface area contributed by atoms with Crippen molar-refractivity contribution in [2.75, 3.05) is 6.54 Å². The van der Waals surface area contributed by atoms with E-state index < -0.39 is 0 Å². The Morgan fingerprint density at radius 1 is 1.10 bits per heavy atom. The van der Waals surface area contributed by atoms with Gasteiger partial charge in [-0.3, -0.25) is 9.69 Å². The molecule has 0 N–H and O–H groups in total. The van der Waals surface area contributed by atoms with E-state index in [1.807, 2.05) is 12.1 Å². The maximum absolute atomic E-state index is 10.7. The van der Waals surface area contributed by atoms with Gasteiger partial charge in [0.25, 0.3) is 0 Å². The monoisotopic (exact) mass is 271 g/mol. The summed E-state index contributed by atoms with van der Waals surface area (Å²) in [5.74, 6) is 1.24. The zero-order valence-electron chi connectivity index (χ0n) is 11.9. The van der Waals surface area contributed by atoms with E-state index in [2.05, 4.69) is 36.1 Å². The van der Waals surface area contributed by atoms with Crippen molar-refractivity contribution in [2.45, 2.75) is 32.9 Å². The second-order valence-corrected chi connectivity index (χ2v) is 4.97. The number of nitrogens with zero attached hydrogens (tertiary/aromatic N) is 1. The molecule has 0 saturated heterocycles. The zero-order valence-corrected chi connectivity index (χ0v) is 11.9. The van der Waals surface area contributed by atoms with Crippen molar-refractivity contribution in [3.05, 3.63) is 59.5 Å². The Labute approximate surface area is 120 Å². The molecule has 1 aromatic carbocycles. The third kappa shape index (κ3) is 4.35. The first kappa shape index (κ1) is 14.5. The van der Waals surface area contributed by atoms with Gasteiger partial charge in [-0.05, 0) is 30.7 Å². The van der Waals surface area contributed by atoms with Gasteiger partial charge in [0, 0.05) is 6.54 Å². The van der Waals surface area contributed by atoms with Crippen molar-refractivity contribution >= 4 is 6.29 Å². The number of rotatable bonds is 8. The van der Waals surface area contributed by atoms with Crippen LogP contribution in [0, 0.1) is 0 Å². The molecule has 0 spiro atoms. The summed E-state index contributed by atoms with van der Waals surface area (Å²) in [5, 5.41) is 0. The highest BCUT2D eigenvalue weighted by atomic mass is 16.3.